The van der Waals surface area contributed by atoms with Crippen LogP contribution in [-0.2, 0) is 4.74 Å². The Morgan fingerprint density at radius 1 is 1.35 bits per heavy atom. The van der Waals surface area contributed by atoms with Gasteiger partial charge in [-0.25, -0.2) is 0 Å². The first-order chi connectivity index (χ1) is 8.10. The Morgan fingerprint density at radius 3 is 2.71 bits per heavy atom. The van der Waals surface area contributed by atoms with Crippen LogP contribution in [0, 0.1) is 0 Å². The van der Waals surface area contributed by atoms with Crippen LogP contribution in [0.15, 0.2) is 0 Å². The maximum absolute atomic E-state index is 6.10. The van der Waals surface area contributed by atoms with Gasteiger partial charge in [-0.3, -0.25) is 4.90 Å². The Kier molecular flexibility index (Phi) is 4.08. The SMILES string of the molecule is CC1CN(C)CCCN1C1(CN)CCOC1C. The van der Waals surface area contributed by atoms with E-state index in [9.17, 15) is 0 Å². The highest BCUT2D eigenvalue weighted by Crippen LogP contribution is 2.33. The maximum atomic E-state index is 6.10. The van der Waals surface area contributed by atoms with Crippen LogP contribution in [0.2, 0.25) is 0 Å². The third kappa shape index (κ3) is 2.36. The Bertz CT molecular complexity index is 261. The molecule has 2 N–H and O–H groups in total. The van der Waals surface area contributed by atoms with E-state index in [2.05, 4.69) is 30.7 Å². The molecule has 2 aliphatic rings. The fraction of sp³-hybridized carbons (Fsp3) is 1.00. The molecule has 0 aliphatic carbocycles. The average molecular weight is 241 g/mol. The Balaban J connectivity index is 2.18. The van der Waals surface area contributed by atoms with Gasteiger partial charge < -0.3 is 15.4 Å². The molecule has 2 heterocycles. The van der Waals surface area contributed by atoms with Crippen LogP contribution in [0.1, 0.15) is 26.7 Å². The summed E-state index contributed by atoms with van der Waals surface area (Å²) in [5.74, 6) is 0. The first-order valence-corrected chi connectivity index (χ1v) is 6.87. The smallest absolute Gasteiger partial charge is 0.0743 e. The summed E-state index contributed by atoms with van der Waals surface area (Å²) in [6.07, 6.45) is 2.58. The predicted molar refractivity (Wildman–Crippen MR) is 70.1 cm³/mol. The molecule has 0 spiro atoms. The molecule has 0 bridgehead atoms. The molecule has 0 aromatic carbocycles. The quantitative estimate of drug-likeness (QED) is 0.765. The zero-order valence-electron chi connectivity index (χ0n) is 11.5. The standard InChI is InChI=1S/C13H27N3O/c1-11-9-15(3)6-4-7-16(11)13(10-14)5-8-17-12(13)2/h11-12H,4-10,14H2,1-3H3. The minimum Gasteiger partial charge on any atom is -0.376 e. The summed E-state index contributed by atoms with van der Waals surface area (Å²) in [4.78, 5) is 5.05. The van der Waals surface area contributed by atoms with Crippen LogP contribution < -0.4 is 5.73 Å². The summed E-state index contributed by atoms with van der Waals surface area (Å²) in [5.41, 5.74) is 6.18. The molecule has 0 radical (unpaired) electrons. The van der Waals surface area contributed by atoms with Crippen molar-refractivity contribution in [3.63, 3.8) is 0 Å². The fourth-order valence-electron chi connectivity index (χ4n) is 3.57. The topological polar surface area (TPSA) is 41.7 Å². The second kappa shape index (κ2) is 5.22. The highest BCUT2D eigenvalue weighted by atomic mass is 16.5. The highest BCUT2D eigenvalue weighted by molar-refractivity contribution is 5.02. The van der Waals surface area contributed by atoms with Crippen LogP contribution in [0.3, 0.4) is 0 Å². The van der Waals surface area contributed by atoms with Gasteiger partial charge in [-0.05, 0) is 40.3 Å². The molecule has 0 amide bonds. The monoisotopic (exact) mass is 241 g/mol. The lowest BCUT2D eigenvalue weighted by Gasteiger charge is -2.45. The van der Waals surface area contributed by atoms with Crippen molar-refractivity contribution in [3.05, 3.63) is 0 Å². The zero-order valence-corrected chi connectivity index (χ0v) is 11.5. The minimum absolute atomic E-state index is 0.0740. The second-order valence-electron chi connectivity index (χ2n) is 5.73. The maximum Gasteiger partial charge on any atom is 0.0743 e. The van der Waals surface area contributed by atoms with Gasteiger partial charge in [0.05, 0.1) is 11.6 Å². The van der Waals surface area contributed by atoms with Gasteiger partial charge in [-0.2, -0.15) is 0 Å². The van der Waals surface area contributed by atoms with Gasteiger partial charge >= 0.3 is 0 Å². The molecule has 3 unspecified atom stereocenters. The lowest BCUT2D eigenvalue weighted by molar-refractivity contribution is -0.00472. The minimum atomic E-state index is 0.0740. The zero-order chi connectivity index (χ0) is 12.5. The average Bonchev–Trinajstić information content (AvgIpc) is 2.57. The summed E-state index contributed by atoms with van der Waals surface area (Å²) < 4.78 is 5.79. The lowest BCUT2D eigenvalue weighted by atomic mass is 9.88. The van der Waals surface area contributed by atoms with Gasteiger partial charge in [0.1, 0.15) is 0 Å². The fourth-order valence-corrected chi connectivity index (χ4v) is 3.57. The van der Waals surface area contributed by atoms with Gasteiger partial charge in [0.25, 0.3) is 0 Å². The van der Waals surface area contributed by atoms with Crippen LogP contribution in [0.4, 0.5) is 0 Å². The molecule has 17 heavy (non-hydrogen) atoms. The van der Waals surface area contributed by atoms with Crippen molar-refractivity contribution < 1.29 is 4.74 Å². The molecule has 2 aliphatic heterocycles. The van der Waals surface area contributed by atoms with E-state index in [1.165, 1.54) is 13.0 Å². The second-order valence-corrected chi connectivity index (χ2v) is 5.73. The number of hydrogen-bond donors (Lipinski definition) is 1. The van der Waals surface area contributed by atoms with Crippen LogP contribution >= 0.6 is 0 Å². The van der Waals surface area contributed by atoms with E-state index in [4.69, 9.17) is 10.5 Å². The van der Waals surface area contributed by atoms with Crippen molar-refractivity contribution in [2.24, 2.45) is 5.73 Å². The summed E-state index contributed by atoms with van der Waals surface area (Å²) in [6.45, 7) is 9.55. The highest BCUT2D eigenvalue weighted by Gasteiger charge is 2.47. The number of ether oxygens (including phenoxy) is 1. The normalized spacial score (nSPS) is 41.6. The molecule has 4 heteroatoms. The largest absolute Gasteiger partial charge is 0.376 e. The van der Waals surface area contributed by atoms with Crippen molar-refractivity contribution in [2.45, 2.75) is 44.4 Å². The molecule has 3 atom stereocenters. The third-order valence-electron chi connectivity index (χ3n) is 4.63. The van der Waals surface area contributed by atoms with Crippen LogP contribution in [0.5, 0.6) is 0 Å². The van der Waals surface area contributed by atoms with Crippen molar-refractivity contribution in [1.82, 2.24) is 9.80 Å². The summed E-state index contributed by atoms with van der Waals surface area (Å²) in [5, 5.41) is 0. The summed E-state index contributed by atoms with van der Waals surface area (Å²) in [7, 11) is 2.21. The molecule has 100 valence electrons. The lowest BCUT2D eigenvalue weighted by Crippen LogP contribution is -2.61. The Morgan fingerprint density at radius 2 is 2.12 bits per heavy atom. The molecule has 2 rings (SSSR count). The van der Waals surface area contributed by atoms with Crippen molar-refractivity contribution in [2.75, 3.05) is 39.8 Å². The van der Waals surface area contributed by atoms with E-state index in [0.29, 0.717) is 12.6 Å². The summed E-state index contributed by atoms with van der Waals surface area (Å²) in [6, 6.07) is 0.565. The molecule has 0 saturated carbocycles. The first-order valence-electron chi connectivity index (χ1n) is 6.87. The van der Waals surface area contributed by atoms with Crippen molar-refractivity contribution in [1.29, 1.82) is 0 Å². The summed E-state index contributed by atoms with van der Waals surface area (Å²) >= 11 is 0. The van der Waals surface area contributed by atoms with E-state index >= 15 is 0 Å². The first kappa shape index (κ1) is 13.3. The molecular weight excluding hydrogens is 214 g/mol. The van der Waals surface area contributed by atoms with Gasteiger partial charge in [0.15, 0.2) is 0 Å². The predicted octanol–water partition coefficient (Wildman–Crippen LogP) is 0.519. The van der Waals surface area contributed by atoms with Crippen molar-refractivity contribution in [3.8, 4) is 0 Å². The third-order valence-corrected chi connectivity index (χ3v) is 4.63. The number of hydrogen-bond acceptors (Lipinski definition) is 4. The molecule has 0 aromatic heterocycles. The number of nitrogens with two attached hydrogens (primary N) is 1. The van der Waals surface area contributed by atoms with E-state index in [-0.39, 0.29) is 11.6 Å². The Hall–Kier alpha value is -0.160. The number of nitrogens with zero attached hydrogens (tertiary/aromatic N) is 2. The van der Waals surface area contributed by atoms with E-state index < -0.39 is 0 Å². The van der Waals surface area contributed by atoms with Crippen LogP contribution in [0.25, 0.3) is 0 Å². The van der Waals surface area contributed by atoms with Gasteiger partial charge in [-0.1, -0.05) is 0 Å². The van der Waals surface area contributed by atoms with Gasteiger partial charge in [-0.15, -0.1) is 0 Å². The molecular formula is C13H27N3O. The van der Waals surface area contributed by atoms with E-state index in [1.807, 2.05) is 0 Å². The van der Waals surface area contributed by atoms with Crippen LogP contribution in [-0.4, -0.2) is 67.3 Å². The molecule has 2 fully saturated rings. The molecule has 2 saturated heterocycles. The van der Waals surface area contributed by atoms with Gasteiger partial charge in [0, 0.05) is 32.3 Å². The number of likely N-dealkylation sites (N-methyl/N-ethyl adjacent to an activating group) is 1. The molecule has 4 nitrogen and oxygen atoms in total. The number of rotatable bonds is 2. The van der Waals surface area contributed by atoms with E-state index in [1.54, 1.807) is 0 Å². The van der Waals surface area contributed by atoms with Gasteiger partial charge in [0.2, 0.25) is 0 Å². The molecule has 0 aromatic rings. The van der Waals surface area contributed by atoms with Crippen molar-refractivity contribution >= 4 is 0 Å². The Labute approximate surface area is 105 Å². The van der Waals surface area contributed by atoms with E-state index in [0.717, 1.165) is 26.1 Å².